The molecule has 2 heterocycles. The highest BCUT2D eigenvalue weighted by molar-refractivity contribution is 5.78. The van der Waals surface area contributed by atoms with Crippen molar-refractivity contribution in [1.82, 2.24) is 4.90 Å². The van der Waals surface area contributed by atoms with Gasteiger partial charge in [-0.15, -0.1) is 0 Å². The molecule has 0 aliphatic carbocycles. The highest BCUT2D eigenvalue weighted by Gasteiger charge is 2.18. The summed E-state index contributed by atoms with van der Waals surface area (Å²) in [5.41, 5.74) is 2.37. The molecular formula is C17H24N2O2. The van der Waals surface area contributed by atoms with Crippen LogP contribution >= 0.6 is 0 Å². The second-order valence-corrected chi connectivity index (χ2v) is 5.90. The Morgan fingerprint density at radius 2 is 1.95 bits per heavy atom. The third-order valence-electron chi connectivity index (χ3n) is 4.36. The van der Waals surface area contributed by atoms with Crippen molar-refractivity contribution in [1.29, 1.82) is 0 Å². The number of likely N-dealkylation sites (tertiary alicyclic amines) is 1. The van der Waals surface area contributed by atoms with Crippen LogP contribution < -0.4 is 10.1 Å². The molecule has 1 aromatic carbocycles. The van der Waals surface area contributed by atoms with Gasteiger partial charge in [0.25, 0.3) is 5.91 Å². The van der Waals surface area contributed by atoms with Crippen molar-refractivity contribution in [2.45, 2.75) is 38.5 Å². The van der Waals surface area contributed by atoms with Crippen LogP contribution in [0.15, 0.2) is 18.2 Å². The lowest BCUT2D eigenvalue weighted by Crippen LogP contribution is -2.35. The molecule has 2 aliphatic heterocycles. The smallest absolute Gasteiger partial charge is 0.260 e. The number of hydrogen-bond donors (Lipinski definition) is 1. The minimum absolute atomic E-state index is 0.123. The number of anilines is 1. The first kappa shape index (κ1) is 14.2. The van der Waals surface area contributed by atoms with Crippen molar-refractivity contribution in [2.24, 2.45) is 0 Å². The SMILES string of the molecule is O=C(COc1cccc2c1CCCN2)N1CCCCCC1. The topological polar surface area (TPSA) is 41.6 Å². The van der Waals surface area contributed by atoms with E-state index in [1.54, 1.807) is 0 Å². The zero-order valence-corrected chi connectivity index (χ0v) is 12.6. The van der Waals surface area contributed by atoms with Gasteiger partial charge in [0, 0.05) is 30.9 Å². The summed E-state index contributed by atoms with van der Waals surface area (Å²) in [6.07, 6.45) is 6.86. The molecule has 0 bridgehead atoms. The summed E-state index contributed by atoms with van der Waals surface area (Å²) in [6.45, 7) is 2.95. The maximum Gasteiger partial charge on any atom is 0.260 e. The Kier molecular flexibility index (Phi) is 4.63. The molecule has 3 rings (SSSR count). The molecule has 0 spiro atoms. The van der Waals surface area contributed by atoms with Crippen LogP contribution in [-0.4, -0.2) is 37.0 Å². The average molecular weight is 288 g/mol. The molecule has 1 N–H and O–H groups in total. The van der Waals surface area contributed by atoms with Crippen molar-refractivity contribution in [3.05, 3.63) is 23.8 Å². The summed E-state index contributed by atoms with van der Waals surface area (Å²) in [6, 6.07) is 6.04. The van der Waals surface area contributed by atoms with Gasteiger partial charge < -0.3 is 15.0 Å². The Morgan fingerprint density at radius 3 is 2.76 bits per heavy atom. The number of amides is 1. The lowest BCUT2D eigenvalue weighted by atomic mass is 10.0. The van der Waals surface area contributed by atoms with Crippen molar-refractivity contribution < 1.29 is 9.53 Å². The normalized spacial score (nSPS) is 18.4. The van der Waals surface area contributed by atoms with Crippen LogP contribution in [0.3, 0.4) is 0 Å². The van der Waals surface area contributed by atoms with Gasteiger partial charge in [-0.1, -0.05) is 18.9 Å². The Morgan fingerprint density at radius 1 is 1.14 bits per heavy atom. The van der Waals surface area contributed by atoms with Crippen LogP contribution in [0.4, 0.5) is 5.69 Å². The Balaban J connectivity index is 1.61. The van der Waals surface area contributed by atoms with Gasteiger partial charge in [0.15, 0.2) is 6.61 Å². The molecule has 114 valence electrons. The first-order valence-electron chi connectivity index (χ1n) is 8.11. The second kappa shape index (κ2) is 6.83. The maximum atomic E-state index is 12.3. The number of rotatable bonds is 3. The Bertz CT molecular complexity index is 494. The van der Waals surface area contributed by atoms with Gasteiger partial charge in [0.05, 0.1) is 0 Å². The van der Waals surface area contributed by atoms with Gasteiger partial charge in [-0.2, -0.15) is 0 Å². The van der Waals surface area contributed by atoms with E-state index < -0.39 is 0 Å². The fraction of sp³-hybridized carbons (Fsp3) is 0.588. The molecule has 4 heteroatoms. The van der Waals surface area contributed by atoms with Gasteiger partial charge in [0.2, 0.25) is 0 Å². The summed E-state index contributed by atoms with van der Waals surface area (Å²) in [5.74, 6) is 0.987. The summed E-state index contributed by atoms with van der Waals surface area (Å²) >= 11 is 0. The molecule has 1 saturated heterocycles. The fourth-order valence-electron chi connectivity index (χ4n) is 3.16. The number of nitrogens with zero attached hydrogens (tertiary/aromatic N) is 1. The molecule has 1 aromatic rings. The van der Waals surface area contributed by atoms with E-state index in [0.717, 1.165) is 56.8 Å². The van der Waals surface area contributed by atoms with Gasteiger partial charge in [-0.3, -0.25) is 4.79 Å². The average Bonchev–Trinajstić information content (AvgIpc) is 2.82. The van der Waals surface area contributed by atoms with Crippen LogP contribution in [0.2, 0.25) is 0 Å². The van der Waals surface area contributed by atoms with Crippen molar-refractivity contribution >= 4 is 11.6 Å². The van der Waals surface area contributed by atoms with E-state index in [1.165, 1.54) is 18.4 Å². The number of carbonyl (C=O) groups excluding carboxylic acids is 1. The van der Waals surface area contributed by atoms with E-state index in [4.69, 9.17) is 4.74 Å². The minimum Gasteiger partial charge on any atom is -0.483 e. The largest absolute Gasteiger partial charge is 0.483 e. The number of carbonyl (C=O) groups is 1. The zero-order valence-electron chi connectivity index (χ0n) is 12.6. The molecular weight excluding hydrogens is 264 g/mol. The maximum absolute atomic E-state index is 12.3. The highest BCUT2D eigenvalue weighted by atomic mass is 16.5. The first-order valence-corrected chi connectivity index (χ1v) is 8.11. The summed E-state index contributed by atoms with van der Waals surface area (Å²) < 4.78 is 5.83. The molecule has 0 unspecified atom stereocenters. The zero-order chi connectivity index (χ0) is 14.5. The van der Waals surface area contributed by atoms with E-state index in [0.29, 0.717) is 0 Å². The number of benzene rings is 1. The fourth-order valence-corrected chi connectivity index (χ4v) is 3.16. The number of ether oxygens (including phenoxy) is 1. The second-order valence-electron chi connectivity index (χ2n) is 5.90. The van der Waals surface area contributed by atoms with Crippen molar-refractivity contribution in [2.75, 3.05) is 31.6 Å². The minimum atomic E-state index is 0.123. The third kappa shape index (κ3) is 3.49. The molecule has 2 aliphatic rings. The third-order valence-corrected chi connectivity index (χ3v) is 4.36. The summed E-state index contributed by atoms with van der Waals surface area (Å²) in [7, 11) is 0. The molecule has 1 fully saturated rings. The molecule has 0 aromatic heterocycles. The number of nitrogens with one attached hydrogen (secondary N) is 1. The quantitative estimate of drug-likeness (QED) is 0.930. The standard InChI is InChI=1S/C17H24N2O2/c20-17(19-11-3-1-2-4-12-19)13-21-16-9-5-8-15-14(16)7-6-10-18-15/h5,8-9,18H,1-4,6-7,10-13H2. The molecule has 0 radical (unpaired) electrons. The Labute approximate surface area is 126 Å². The van der Waals surface area contributed by atoms with E-state index in [-0.39, 0.29) is 12.5 Å². The lowest BCUT2D eigenvalue weighted by molar-refractivity contribution is -0.133. The van der Waals surface area contributed by atoms with Gasteiger partial charge in [0.1, 0.15) is 5.75 Å². The monoisotopic (exact) mass is 288 g/mol. The Hall–Kier alpha value is -1.71. The van der Waals surface area contributed by atoms with Crippen molar-refractivity contribution in [3.8, 4) is 5.75 Å². The van der Waals surface area contributed by atoms with E-state index >= 15 is 0 Å². The van der Waals surface area contributed by atoms with E-state index in [1.807, 2.05) is 17.0 Å². The van der Waals surface area contributed by atoms with Crippen LogP contribution in [0, 0.1) is 0 Å². The molecule has 1 amide bonds. The van der Waals surface area contributed by atoms with Crippen LogP contribution in [0.1, 0.15) is 37.7 Å². The first-order chi connectivity index (χ1) is 10.3. The summed E-state index contributed by atoms with van der Waals surface area (Å²) in [4.78, 5) is 14.2. The van der Waals surface area contributed by atoms with Crippen molar-refractivity contribution in [3.63, 3.8) is 0 Å². The predicted octanol–water partition coefficient (Wildman–Crippen LogP) is 2.83. The molecule has 0 atom stereocenters. The molecule has 4 nitrogen and oxygen atoms in total. The van der Waals surface area contributed by atoms with Crippen LogP contribution in [-0.2, 0) is 11.2 Å². The van der Waals surface area contributed by atoms with E-state index in [2.05, 4.69) is 11.4 Å². The predicted molar refractivity (Wildman–Crippen MR) is 83.8 cm³/mol. The van der Waals surface area contributed by atoms with E-state index in [9.17, 15) is 4.79 Å². The number of hydrogen-bond acceptors (Lipinski definition) is 3. The van der Waals surface area contributed by atoms with Gasteiger partial charge >= 0.3 is 0 Å². The molecule has 0 saturated carbocycles. The highest BCUT2D eigenvalue weighted by Crippen LogP contribution is 2.30. The van der Waals surface area contributed by atoms with Gasteiger partial charge in [-0.25, -0.2) is 0 Å². The van der Waals surface area contributed by atoms with Crippen LogP contribution in [0.25, 0.3) is 0 Å². The number of fused-ring (bicyclic) bond motifs is 1. The van der Waals surface area contributed by atoms with Gasteiger partial charge in [-0.05, 0) is 37.8 Å². The molecule has 21 heavy (non-hydrogen) atoms. The van der Waals surface area contributed by atoms with Crippen LogP contribution in [0.5, 0.6) is 5.75 Å². The summed E-state index contributed by atoms with van der Waals surface area (Å²) in [5, 5.41) is 3.39. The lowest BCUT2D eigenvalue weighted by Gasteiger charge is -2.23.